The van der Waals surface area contributed by atoms with Crippen LogP contribution >= 0.6 is 0 Å². The smallest absolute Gasteiger partial charge is 0.224 e. The van der Waals surface area contributed by atoms with E-state index >= 15 is 0 Å². The molecular formula is C21H22N2O3. The molecule has 0 fully saturated rings. The molecule has 0 bridgehead atoms. The van der Waals surface area contributed by atoms with Crippen molar-refractivity contribution in [1.82, 2.24) is 4.98 Å². The van der Waals surface area contributed by atoms with E-state index < -0.39 is 0 Å². The molecular weight excluding hydrogens is 328 g/mol. The molecule has 1 aromatic heterocycles. The molecule has 0 spiro atoms. The van der Waals surface area contributed by atoms with Crippen molar-refractivity contribution in [3.8, 4) is 0 Å². The number of Topliss-reactive ketones (excluding diaryl/α,β-unsaturated/α-hetero) is 1. The summed E-state index contributed by atoms with van der Waals surface area (Å²) in [5.41, 5.74) is 3.90. The molecule has 0 unspecified atom stereocenters. The number of carbonyl (C=O) groups is 2. The Hall–Kier alpha value is -2.95. The van der Waals surface area contributed by atoms with Crippen LogP contribution in [-0.4, -0.2) is 16.7 Å². The number of aryl methyl sites for hydroxylation is 2. The standard InChI is InChI=1S/C21H22N2O3/c1-3-4-15-5-7-16(8-6-15)19(24)10-12-21(25)23-17-9-11-20-18(13-17)22-14(2)26-20/h5-9,11,13H,3-4,10,12H2,1-2H3,(H,23,25). The maximum absolute atomic E-state index is 12.2. The van der Waals surface area contributed by atoms with Gasteiger partial charge >= 0.3 is 0 Å². The van der Waals surface area contributed by atoms with Crippen LogP contribution in [0.4, 0.5) is 5.69 Å². The van der Waals surface area contributed by atoms with Crippen LogP contribution in [0.5, 0.6) is 0 Å². The lowest BCUT2D eigenvalue weighted by atomic mass is 10.0. The quantitative estimate of drug-likeness (QED) is 0.627. The molecule has 1 N–H and O–H groups in total. The molecule has 134 valence electrons. The van der Waals surface area contributed by atoms with E-state index in [1.807, 2.05) is 24.3 Å². The van der Waals surface area contributed by atoms with Crippen molar-refractivity contribution in [1.29, 1.82) is 0 Å². The second kappa shape index (κ2) is 7.95. The Bertz CT molecular complexity index is 926. The van der Waals surface area contributed by atoms with Gasteiger partial charge in [-0.05, 0) is 30.2 Å². The second-order valence-corrected chi connectivity index (χ2v) is 6.33. The summed E-state index contributed by atoms with van der Waals surface area (Å²) in [5, 5.41) is 2.80. The zero-order valence-corrected chi connectivity index (χ0v) is 15.0. The van der Waals surface area contributed by atoms with Gasteiger partial charge in [0, 0.05) is 31.0 Å². The lowest BCUT2D eigenvalue weighted by molar-refractivity contribution is -0.116. The van der Waals surface area contributed by atoms with Gasteiger partial charge in [-0.2, -0.15) is 0 Å². The molecule has 26 heavy (non-hydrogen) atoms. The fraction of sp³-hybridized carbons (Fsp3) is 0.286. The van der Waals surface area contributed by atoms with Gasteiger partial charge in [0.05, 0.1) is 0 Å². The third-order valence-corrected chi connectivity index (χ3v) is 4.17. The maximum Gasteiger partial charge on any atom is 0.224 e. The van der Waals surface area contributed by atoms with Gasteiger partial charge in [-0.3, -0.25) is 9.59 Å². The average Bonchev–Trinajstić information content (AvgIpc) is 3.00. The number of carbonyl (C=O) groups excluding carboxylic acids is 2. The van der Waals surface area contributed by atoms with Crippen LogP contribution in [0.15, 0.2) is 46.9 Å². The Kier molecular flexibility index (Phi) is 5.46. The Morgan fingerprint density at radius 3 is 2.58 bits per heavy atom. The van der Waals surface area contributed by atoms with E-state index in [1.165, 1.54) is 5.56 Å². The van der Waals surface area contributed by atoms with Crippen molar-refractivity contribution in [2.75, 3.05) is 5.32 Å². The number of hydrogen-bond acceptors (Lipinski definition) is 4. The van der Waals surface area contributed by atoms with Gasteiger partial charge < -0.3 is 9.73 Å². The molecule has 0 aliphatic heterocycles. The molecule has 5 heteroatoms. The highest BCUT2D eigenvalue weighted by molar-refractivity contribution is 6.00. The van der Waals surface area contributed by atoms with Crippen molar-refractivity contribution in [3.05, 3.63) is 59.5 Å². The van der Waals surface area contributed by atoms with Crippen LogP contribution in [0, 0.1) is 6.92 Å². The van der Waals surface area contributed by atoms with Crippen LogP contribution < -0.4 is 5.32 Å². The number of amides is 1. The minimum Gasteiger partial charge on any atom is -0.441 e. The zero-order chi connectivity index (χ0) is 18.5. The van der Waals surface area contributed by atoms with Gasteiger partial charge in [0.2, 0.25) is 5.91 Å². The van der Waals surface area contributed by atoms with Gasteiger partial charge in [-0.25, -0.2) is 4.98 Å². The Morgan fingerprint density at radius 2 is 1.85 bits per heavy atom. The van der Waals surface area contributed by atoms with E-state index in [1.54, 1.807) is 25.1 Å². The summed E-state index contributed by atoms with van der Waals surface area (Å²) in [6, 6.07) is 12.9. The van der Waals surface area contributed by atoms with Gasteiger partial charge in [0.25, 0.3) is 0 Å². The lowest BCUT2D eigenvalue weighted by Crippen LogP contribution is -2.13. The Labute approximate surface area is 152 Å². The first-order chi connectivity index (χ1) is 12.5. The van der Waals surface area contributed by atoms with E-state index in [2.05, 4.69) is 17.2 Å². The van der Waals surface area contributed by atoms with Crippen molar-refractivity contribution in [2.24, 2.45) is 0 Å². The number of rotatable bonds is 7. The third kappa shape index (κ3) is 4.36. The largest absolute Gasteiger partial charge is 0.441 e. The van der Waals surface area contributed by atoms with Crippen LogP contribution in [0.2, 0.25) is 0 Å². The zero-order valence-electron chi connectivity index (χ0n) is 15.0. The summed E-state index contributed by atoms with van der Waals surface area (Å²) < 4.78 is 5.41. The van der Waals surface area contributed by atoms with E-state index in [4.69, 9.17) is 4.42 Å². The lowest BCUT2D eigenvalue weighted by Gasteiger charge is -2.05. The van der Waals surface area contributed by atoms with Gasteiger partial charge in [-0.15, -0.1) is 0 Å². The highest BCUT2D eigenvalue weighted by Crippen LogP contribution is 2.20. The summed E-state index contributed by atoms with van der Waals surface area (Å²) in [5.74, 6) is 0.366. The molecule has 0 radical (unpaired) electrons. The van der Waals surface area contributed by atoms with Gasteiger partial charge in [-0.1, -0.05) is 37.6 Å². The summed E-state index contributed by atoms with van der Waals surface area (Å²) in [6.07, 6.45) is 2.41. The monoisotopic (exact) mass is 350 g/mol. The van der Waals surface area contributed by atoms with E-state index in [-0.39, 0.29) is 24.5 Å². The molecule has 0 saturated carbocycles. The molecule has 0 aliphatic carbocycles. The van der Waals surface area contributed by atoms with Crippen molar-refractivity contribution >= 4 is 28.5 Å². The molecule has 1 amide bonds. The molecule has 3 aromatic rings. The topological polar surface area (TPSA) is 72.2 Å². The number of aromatic nitrogens is 1. The Balaban J connectivity index is 1.54. The number of nitrogens with zero attached hydrogens (tertiary/aromatic N) is 1. The van der Waals surface area contributed by atoms with Gasteiger partial charge in [0.1, 0.15) is 5.52 Å². The highest BCUT2D eigenvalue weighted by atomic mass is 16.3. The third-order valence-electron chi connectivity index (χ3n) is 4.17. The number of nitrogens with one attached hydrogen (secondary N) is 1. The normalized spacial score (nSPS) is 10.8. The highest BCUT2D eigenvalue weighted by Gasteiger charge is 2.11. The Morgan fingerprint density at radius 1 is 1.08 bits per heavy atom. The number of anilines is 1. The number of fused-ring (bicyclic) bond motifs is 1. The predicted molar refractivity (Wildman–Crippen MR) is 101 cm³/mol. The SMILES string of the molecule is CCCc1ccc(C(=O)CCC(=O)Nc2ccc3oc(C)nc3c2)cc1. The number of ketones is 1. The van der Waals surface area contributed by atoms with Crippen molar-refractivity contribution in [3.63, 3.8) is 0 Å². The minimum absolute atomic E-state index is 0.0224. The average molecular weight is 350 g/mol. The van der Waals surface area contributed by atoms with E-state index in [9.17, 15) is 9.59 Å². The van der Waals surface area contributed by atoms with Gasteiger partial charge in [0.15, 0.2) is 17.3 Å². The molecule has 2 aromatic carbocycles. The molecule has 3 rings (SSSR count). The van der Waals surface area contributed by atoms with E-state index in [0.717, 1.165) is 12.8 Å². The molecule has 0 aliphatic rings. The fourth-order valence-corrected chi connectivity index (χ4v) is 2.86. The number of oxazole rings is 1. The first-order valence-electron chi connectivity index (χ1n) is 8.84. The summed E-state index contributed by atoms with van der Waals surface area (Å²) >= 11 is 0. The van der Waals surface area contributed by atoms with Crippen LogP contribution in [0.1, 0.15) is 48.0 Å². The van der Waals surface area contributed by atoms with Crippen molar-refractivity contribution in [2.45, 2.75) is 39.5 Å². The maximum atomic E-state index is 12.2. The second-order valence-electron chi connectivity index (χ2n) is 6.33. The molecule has 1 heterocycles. The van der Waals surface area contributed by atoms with Crippen LogP contribution in [0.25, 0.3) is 11.1 Å². The molecule has 0 atom stereocenters. The molecule has 0 saturated heterocycles. The number of hydrogen-bond donors (Lipinski definition) is 1. The first kappa shape index (κ1) is 17.9. The fourth-order valence-electron chi connectivity index (χ4n) is 2.86. The summed E-state index contributed by atoms with van der Waals surface area (Å²) in [6.45, 7) is 3.90. The number of benzene rings is 2. The van der Waals surface area contributed by atoms with E-state index in [0.29, 0.717) is 28.2 Å². The predicted octanol–water partition coefficient (Wildman–Crippen LogP) is 4.69. The summed E-state index contributed by atoms with van der Waals surface area (Å²) in [7, 11) is 0. The van der Waals surface area contributed by atoms with Crippen LogP contribution in [0.3, 0.4) is 0 Å². The van der Waals surface area contributed by atoms with Crippen LogP contribution in [-0.2, 0) is 11.2 Å². The minimum atomic E-state index is -0.194. The van der Waals surface area contributed by atoms with Crippen molar-refractivity contribution < 1.29 is 14.0 Å². The first-order valence-corrected chi connectivity index (χ1v) is 8.84. The summed E-state index contributed by atoms with van der Waals surface area (Å²) in [4.78, 5) is 28.6. The molecule has 5 nitrogen and oxygen atoms in total.